The van der Waals surface area contributed by atoms with Crippen molar-refractivity contribution < 1.29 is 28.7 Å². The molecule has 1 aliphatic heterocycles. The molecule has 0 saturated carbocycles. The molecule has 0 bridgehead atoms. The molecule has 0 fully saturated rings. The van der Waals surface area contributed by atoms with E-state index in [0.717, 1.165) is 11.1 Å². The summed E-state index contributed by atoms with van der Waals surface area (Å²) in [5, 5.41) is 13.7. The highest BCUT2D eigenvalue weighted by atomic mass is 16.6. The van der Waals surface area contributed by atoms with Gasteiger partial charge in [-0.1, -0.05) is 12.1 Å². The number of amides is 1. The number of carbonyl (C=O) groups is 1. The Labute approximate surface area is 196 Å². The SMILES string of the molecule is COc1cc2c(c(OC)c1OC)CCC(c1cccc(NC(=O)c3ccc([N+](=O)[O-])cc3)c1)O2. The van der Waals surface area contributed by atoms with Crippen molar-refractivity contribution in [1.82, 2.24) is 0 Å². The normalized spacial score (nSPS) is 14.4. The van der Waals surface area contributed by atoms with Gasteiger partial charge in [0.2, 0.25) is 5.75 Å². The number of ether oxygens (including phenoxy) is 4. The molecule has 9 nitrogen and oxygen atoms in total. The zero-order chi connectivity index (χ0) is 24.2. The molecule has 0 radical (unpaired) electrons. The van der Waals surface area contributed by atoms with Gasteiger partial charge in [0.15, 0.2) is 11.5 Å². The Balaban J connectivity index is 1.54. The molecule has 3 aromatic rings. The van der Waals surface area contributed by atoms with Crippen LogP contribution in [0.1, 0.15) is 34.0 Å². The van der Waals surface area contributed by atoms with Crippen LogP contribution in [0.15, 0.2) is 54.6 Å². The van der Waals surface area contributed by atoms with E-state index < -0.39 is 4.92 Å². The summed E-state index contributed by atoms with van der Waals surface area (Å²) < 4.78 is 22.8. The second kappa shape index (κ2) is 9.70. The number of nitrogens with one attached hydrogen (secondary N) is 1. The number of rotatable bonds is 7. The minimum Gasteiger partial charge on any atom is -0.493 e. The van der Waals surface area contributed by atoms with E-state index in [1.54, 1.807) is 33.5 Å². The number of anilines is 1. The number of benzene rings is 3. The lowest BCUT2D eigenvalue weighted by Crippen LogP contribution is -2.17. The first-order valence-electron chi connectivity index (χ1n) is 10.6. The summed E-state index contributed by atoms with van der Waals surface area (Å²) in [6.45, 7) is 0. The lowest BCUT2D eigenvalue weighted by molar-refractivity contribution is -0.384. The molecule has 34 heavy (non-hydrogen) atoms. The summed E-state index contributed by atoms with van der Waals surface area (Å²) in [7, 11) is 4.71. The van der Waals surface area contributed by atoms with Crippen LogP contribution in [0.2, 0.25) is 0 Å². The smallest absolute Gasteiger partial charge is 0.269 e. The highest BCUT2D eigenvalue weighted by molar-refractivity contribution is 6.04. The van der Waals surface area contributed by atoms with Crippen LogP contribution in [0.4, 0.5) is 11.4 Å². The maximum atomic E-state index is 12.6. The second-order valence-corrected chi connectivity index (χ2v) is 7.65. The van der Waals surface area contributed by atoms with Gasteiger partial charge in [0.1, 0.15) is 11.9 Å². The molecule has 1 atom stereocenters. The minimum atomic E-state index is -0.505. The maximum absolute atomic E-state index is 12.6. The maximum Gasteiger partial charge on any atom is 0.269 e. The lowest BCUT2D eigenvalue weighted by atomic mass is 9.96. The molecule has 0 saturated heterocycles. The number of hydrogen-bond acceptors (Lipinski definition) is 7. The number of hydrogen-bond donors (Lipinski definition) is 1. The van der Waals surface area contributed by atoms with Gasteiger partial charge in [-0.3, -0.25) is 14.9 Å². The number of fused-ring (bicyclic) bond motifs is 1. The predicted octanol–water partition coefficient (Wildman–Crippen LogP) is 4.94. The molecule has 4 rings (SSSR count). The van der Waals surface area contributed by atoms with Crippen LogP contribution in [-0.2, 0) is 6.42 Å². The van der Waals surface area contributed by atoms with Crippen LogP contribution in [-0.4, -0.2) is 32.2 Å². The van der Waals surface area contributed by atoms with Gasteiger partial charge < -0.3 is 24.3 Å². The Hall–Kier alpha value is -4.27. The van der Waals surface area contributed by atoms with Crippen LogP contribution in [0.5, 0.6) is 23.0 Å². The van der Waals surface area contributed by atoms with Gasteiger partial charge in [0.05, 0.1) is 26.3 Å². The van der Waals surface area contributed by atoms with E-state index in [4.69, 9.17) is 18.9 Å². The van der Waals surface area contributed by atoms with Gasteiger partial charge in [-0.2, -0.15) is 0 Å². The zero-order valence-electron chi connectivity index (χ0n) is 19.0. The third kappa shape index (κ3) is 4.45. The van der Waals surface area contributed by atoms with Crippen molar-refractivity contribution in [3.05, 3.63) is 81.4 Å². The summed E-state index contributed by atoms with van der Waals surface area (Å²) in [6.07, 6.45) is 1.19. The third-order valence-corrected chi connectivity index (χ3v) is 5.67. The largest absolute Gasteiger partial charge is 0.493 e. The number of nitro benzene ring substituents is 1. The Morgan fingerprint density at radius 2 is 1.76 bits per heavy atom. The number of nitro groups is 1. The summed E-state index contributed by atoms with van der Waals surface area (Å²) >= 11 is 0. The van der Waals surface area contributed by atoms with Crippen LogP contribution in [0.25, 0.3) is 0 Å². The number of methoxy groups -OCH3 is 3. The summed E-state index contributed by atoms with van der Waals surface area (Å²) in [5.74, 6) is 1.94. The van der Waals surface area contributed by atoms with Gasteiger partial charge in [0.25, 0.3) is 11.6 Å². The Bertz CT molecular complexity index is 1220. The molecule has 3 aromatic carbocycles. The Morgan fingerprint density at radius 1 is 1.03 bits per heavy atom. The molecular formula is C25H24N2O7. The van der Waals surface area contributed by atoms with Gasteiger partial charge in [-0.15, -0.1) is 0 Å². The van der Waals surface area contributed by atoms with Gasteiger partial charge in [0, 0.05) is 35.0 Å². The summed E-state index contributed by atoms with van der Waals surface area (Å²) in [4.78, 5) is 22.9. The molecule has 176 valence electrons. The fraction of sp³-hybridized carbons (Fsp3) is 0.240. The molecule has 0 spiro atoms. The fourth-order valence-electron chi connectivity index (χ4n) is 4.01. The van der Waals surface area contributed by atoms with Crippen molar-refractivity contribution in [3.63, 3.8) is 0 Å². The number of nitrogens with zero attached hydrogens (tertiary/aromatic N) is 1. The molecule has 1 heterocycles. The minimum absolute atomic E-state index is 0.0702. The van der Waals surface area contributed by atoms with Crippen molar-refractivity contribution in [2.24, 2.45) is 0 Å². The molecule has 1 unspecified atom stereocenters. The van der Waals surface area contributed by atoms with Gasteiger partial charge >= 0.3 is 0 Å². The molecule has 1 amide bonds. The summed E-state index contributed by atoms with van der Waals surface area (Å²) in [5.41, 5.74) is 2.67. The van der Waals surface area contributed by atoms with Crippen LogP contribution in [0.3, 0.4) is 0 Å². The van der Waals surface area contributed by atoms with E-state index in [1.165, 1.54) is 24.3 Å². The van der Waals surface area contributed by atoms with Crippen molar-refractivity contribution in [1.29, 1.82) is 0 Å². The van der Waals surface area contributed by atoms with Crippen LogP contribution >= 0.6 is 0 Å². The average Bonchev–Trinajstić information content (AvgIpc) is 2.87. The Kier molecular flexibility index (Phi) is 6.53. The highest BCUT2D eigenvalue weighted by Gasteiger charge is 2.28. The van der Waals surface area contributed by atoms with Crippen molar-refractivity contribution >= 4 is 17.3 Å². The molecule has 0 aliphatic carbocycles. The average molecular weight is 464 g/mol. The predicted molar refractivity (Wildman–Crippen MR) is 125 cm³/mol. The van der Waals surface area contributed by atoms with E-state index in [1.807, 2.05) is 18.2 Å². The molecule has 9 heteroatoms. The van der Waals surface area contributed by atoms with Crippen molar-refractivity contribution in [2.75, 3.05) is 26.6 Å². The van der Waals surface area contributed by atoms with E-state index >= 15 is 0 Å². The first-order chi connectivity index (χ1) is 16.4. The van der Waals surface area contributed by atoms with Crippen molar-refractivity contribution in [2.45, 2.75) is 18.9 Å². The monoisotopic (exact) mass is 464 g/mol. The van der Waals surface area contributed by atoms with E-state index in [0.29, 0.717) is 47.1 Å². The lowest BCUT2D eigenvalue weighted by Gasteiger charge is -2.29. The summed E-state index contributed by atoms with van der Waals surface area (Å²) in [6, 6.07) is 14.7. The van der Waals surface area contributed by atoms with Gasteiger partial charge in [-0.25, -0.2) is 0 Å². The quantitative estimate of drug-likeness (QED) is 0.390. The standard InChI is InChI=1S/C25H24N2O7/c1-31-22-14-21-19(23(32-2)24(22)33-3)11-12-20(34-21)16-5-4-6-17(13-16)26-25(28)15-7-9-18(10-8-15)27(29)30/h4-10,13-14,20H,11-12H2,1-3H3,(H,26,28). The van der Waals surface area contributed by atoms with Crippen molar-refractivity contribution in [3.8, 4) is 23.0 Å². The van der Waals surface area contributed by atoms with E-state index in [2.05, 4.69) is 5.32 Å². The molecule has 1 N–H and O–H groups in total. The van der Waals surface area contributed by atoms with Crippen LogP contribution in [0, 0.1) is 10.1 Å². The first kappa shape index (κ1) is 22.9. The zero-order valence-corrected chi connectivity index (χ0v) is 19.0. The fourth-order valence-corrected chi connectivity index (χ4v) is 4.01. The third-order valence-electron chi connectivity index (χ3n) is 5.67. The number of carbonyl (C=O) groups excluding carboxylic acids is 1. The van der Waals surface area contributed by atoms with Gasteiger partial charge in [-0.05, 0) is 42.7 Å². The van der Waals surface area contributed by atoms with E-state index in [9.17, 15) is 14.9 Å². The molecule has 0 aromatic heterocycles. The Morgan fingerprint density at radius 3 is 2.41 bits per heavy atom. The highest BCUT2D eigenvalue weighted by Crippen LogP contribution is 2.49. The second-order valence-electron chi connectivity index (χ2n) is 7.65. The van der Waals surface area contributed by atoms with E-state index in [-0.39, 0.29) is 17.7 Å². The van der Waals surface area contributed by atoms with Crippen LogP contribution < -0.4 is 24.3 Å². The molecular weight excluding hydrogens is 440 g/mol. The first-order valence-corrected chi connectivity index (χ1v) is 10.6. The topological polar surface area (TPSA) is 109 Å². The number of non-ortho nitro benzene ring substituents is 1. The molecule has 1 aliphatic rings.